The highest BCUT2D eigenvalue weighted by Gasteiger charge is 2.16. The zero-order valence-corrected chi connectivity index (χ0v) is 21.3. The van der Waals surface area contributed by atoms with Crippen LogP contribution < -0.4 is 20.3 Å². The van der Waals surface area contributed by atoms with Gasteiger partial charge in [0, 0.05) is 37.1 Å². The molecule has 0 spiro atoms. The summed E-state index contributed by atoms with van der Waals surface area (Å²) in [7, 11) is -1.88. The number of aromatic amines is 1. The molecule has 0 unspecified atom stereocenters. The highest BCUT2D eigenvalue weighted by molar-refractivity contribution is 7.92. The second kappa shape index (κ2) is 10.2. The van der Waals surface area contributed by atoms with Crippen molar-refractivity contribution in [3.8, 4) is 0 Å². The lowest BCUT2D eigenvalue weighted by Gasteiger charge is -2.20. The van der Waals surface area contributed by atoms with Crippen molar-refractivity contribution < 1.29 is 13.2 Å². The summed E-state index contributed by atoms with van der Waals surface area (Å²) in [5.41, 5.74) is 3.21. The number of nitrogens with one attached hydrogen (secondary N) is 4. The van der Waals surface area contributed by atoms with Crippen molar-refractivity contribution >= 4 is 50.1 Å². The number of hydrogen-bond donors (Lipinski definition) is 4. The van der Waals surface area contributed by atoms with Crippen LogP contribution in [0.2, 0.25) is 0 Å². The molecule has 0 radical (unpaired) electrons. The molecule has 0 aliphatic rings. The second-order valence-electron chi connectivity index (χ2n) is 8.68. The number of H-pyrrole nitrogens is 1. The second-order valence-corrected chi connectivity index (χ2v) is 10.7. The summed E-state index contributed by atoms with van der Waals surface area (Å²) in [6.45, 7) is 4.16. The first-order valence-corrected chi connectivity index (χ1v) is 13.3. The van der Waals surface area contributed by atoms with Gasteiger partial charge in [-0.1, -0.05) is 24.3 Å². The van der Waals surface area contributed by atoms with E-state index in [1.54, 1.807) is 36.5 Å². The molecule has 0 aliphatic carbocycles. The van der Waals surface area contributed by atoms with Crippen LogP contribution in [0.15, 0.2) is 60.8 Å². The van der Waals surface area contributed by atoms with Crippen molar-refractivity contribution in [3.05, 3.63) is 71.9 Å². The number of carbonyl (C=O) groups is 1. The van der Waals surface area contributed by atoms with Crippen molar-refractivity contribution in [3.63, 3.8) is 0 Å². The number of aromatic nitrogens is 3. The van der Waals surface area contributed by atoms with E-state index in [9.17, 15) is 13.2 Å². The predicted molar refractivity (Wildman–Crippen MR) is 143 cm³/mol. The number of anilines is 4. The van der Waals surface area contributed by atoms with Crippen molar-refractivity contribution in [1.29, 1.82) is 0 Å². The Balaban J connectivity index is 1.59. The SMILES string of the molecule is CC(C)NC(=O)c1cccc(Nc2nc(NCc3ccccc3N(C)S(C)(=O)=O)c3cc[nH]c3n2)c1. The number of para-hydroxylation sites is 1. The van der Waals surface area contributed by atoms with Gasteiger partial charge in [-0.25, -0.2) is 8.42 Å². The average molecular weight is 508 g/mol. The standard InChI is InChI=1S/C25H29N7O3S/c1-16(2)28-24(33)17-9-7-10-19(14-17)29-25-30-22-20(12-13-26-22)23(31-25)27-15-18-8-5-6-11-21(18)32(3)36(4,34)35/h5-14,16H,15H2,1-4H3,(H,28,33)(H3,26,27,29,30,31). The molecule has 0 bridgehead atoms. The molecule has 188 valence electrons. The van der Waals surface area contributed by atoms with E-state index in [2.05, 4.69) is 30.9 Å². The van der Waals surface area contributed by atoms with Crippen molar-refractivity contribution in [1.82, 2.24) is 20.3 Å². The molecule has 2 aromatic heterocycles. The predicted octanol–water partition coefficient (Wildman–Crippen LogP) is 3.85. The lowest BCUT2D eigenvalue weighted by atomic mass is 10.1. The molecular weight excluding hydrogens is 478 g/mol. The number of hydrogen-bond acceptors (Lipinski definition) is 7. The molecule has 2 aromatic carbocycles. The quantitative estimate of drug-likeness (QED) is 0.271. The van der Waals surface area contributed by atoms with Crippen LogP contribution in [0.3, 0.4) is 0 Å². The maximum atomic E-state index is 12.4. The van der Waals surface area contributed by atoms with Crippen LogP contribution in [0.25, 0.3) is 11.0 Å². The fourth-order valence-electron chi connectivity index (χ4n) is 3.67. The van der Waals surface area contributed by atoms with Gasteiger partial charge in [0.25, 0.3) is 5.91 Å². The van der Waals surface area contributed by atoms with Crippen molar-refractivity contribution in [2.45, 2.75) is 26.4 Å². The minimum atomic E-state index is -3.41. The van der Waals surface area contributed by atoms with E-state index in [1.807, 2.05) is 38.1 Å². The summed E-state index contributed by atoms with van der Waals surface area (Å²) >= 11 is 0. The van der Waals surface area contributed by atoms with E-state index < -0.39 is 10.0 Å². The van der Waals surface area contributed by atoms with Crippen LogP contribution in [0.5, 0.6) is 0 Å². The third-order valence-electron chi connectivity index (χ3n) is 5.49. The molecule has 0 atom stereocenters. The fraction of sp³-hybridized carbons (Fsp3) is 0.240. The molecule has 0 saturated heterocycles. The summed E-state index contributed by atoms with van der Waals surface area (Å²) in [5.74, 6) is 0.763. The van der Waals surface area contributed by atoms with Crippen LogP contribution >= 0.6 is 0 Å². The molecule has 0 fully saturated rings. The Morgan fingerprint density at radius 2 is 1.86 bits per heavy atom. The van der Waals surface area contributed by atoms with E-state index in [4.69, 9.17) is 0 Å². The smallest absolute Gasteiger partial charge is 0.251 e. The first-order valence-electron chi connectivity index (χ1n) is 11.4. The zero-order valence-electron chi connectivity index (χ0n) is 20.5. The molecule has 0 aliphatic heterocycles. The summed E-state index contributed by atoms with van der Waals surface area (Å²) in [6, 6.07) is 16.3. The minimum absolute atomic E-state index is 0.0312. The Labute approximate surface area is 210 Å². The Hall–Kier alpha value is -4.12. The van der Waals surface area contributed by atoms with Gasteiger partial charge in [0.2, 0.25) is 16.0 Å². The minimum Gasteiger partial charge on any atom is -0.365 e. The van der Waals surface area contributed by atoms with Crippen LogP contribution in [0, 0.1) is 0 Å². The highest BCUT2D eigenvalue weighted by Crippen LogP contribution is 2.26. The first kappa shape index (κ1) is 25.0. The summed E-state index contributed by atoms with van der Waals surface area (Å²) in [4.78, 5) is 24.7. The number of benzene rings is 2. The van der Waals surface area contributed by atoms with Gasteiger partial charge in [0.05, 0.1) is 17.3 Å². The fourth-order valence-corrected chi connectivity index (χ4v) is 4.21. The summed E-state index contributed by atoms with van der Waals surface area (Å²) < 4.78 is 25.4. The molecule has 2 heterocycles. The van der Waals surface area contributed by atoms with Gasteiger partial charge in [-0.2, -0.15) is 9.97 Å². The first-order chi connectivity index (χ1) is 17.1. The Bertz CT molecular complexity index is 1500. The number of sulfonamides is 1. The van der Waals surface area contributed by atoms with E-state index in [-0.39, 0.29) is 11.9 Å². The lowest BCUT2D eigenvalue weighted by Crippen LogP contribution is -2.30. The van der Waals surface area contributed by atoms with E-state index in [1.165, 1.54) is 17.6 Å². The highest BCUT2D eigenvalue weighted by atomic mass is 32.2. The van der Waals surface area contributed by atoms with Crippen LogP contribution in [-0.2, 0) is 16.6 Å². The van der Waals surface area contributed by atoms with E-state index in [0.717, 1.165) is 10.9 Å². The molecule has 1 amide bonds. The normalized spacial score (nSPS) is 11.5. The van der Waals surface area contributed by atoms with Gasteiger partial charge < -0.3 is 20.9 Å². The monoisotopic (exact) mass is 507 g/mol. The van der Waals surface area contributed by atoms with E-state index in [0.29, 0.717) is 40.9 Å². The Kier molecular flexibility index (Phi) is 7.11. The van der Waals surface area contributed by atoms with Crippen LogP contribution in [-0.4, -0.2) is 48.6 Å². The topological polar surface area (TPSA) is 132 Å². The Morgan fingerprint density at radius 3 is 2.61 bits per heavy atom. The molecule has 36 heavy (non-hydrogen) atoms. The summed E-state index contributed by atoms with van der Waals surface area (Å²) in [6.07, 6.45) is 2.95. The zero-order chi connectivity index (χ0) is 25.9. The number of carbonyl (C=O) groups excluding carboxylic acids is 1. The van der Waals surface area contributed by atoms with Gasteiger partial charge in [-0.3, -0.25) is 9.10 Å². The maximum absolute atomic E-state index is 12.4. The van der Waals surface area contributed by atoms with Gasteiger partial charge in [-0.15, -0.1) is 0 Å². The van der Waals surface area contributed by atoms with Gasteiger partial charge in [0.1, 0.15) is 11.5 Å². The van der Waals surface area contributed by atoms with Gasteiger partial charge in [0.15, 0.2) is 0 Å². The van der Waals surface area contributed by atoms with Gasteiger partial charge in [-0.05, 0) is 49.7 Å². The molecular formula is C25H29N7O3S. The van der Waals surface area contributed by atoms with E-state index >= 15 is 0 Å². The molecule has 0 saturated carbocycles. The maximum Gasteiger partial charge on any atom is 0.251 e. The third-order valence-corrected chi connectivity index (χ3v) is 6.68. The van der Waals surface area contributed by atoms with Crippen molar-refractivity contribution in [2.75, 3.05) is 28.2 Å². The third kappa shape index (κ3) is 5.74. The largest absolute Gasteiger partial charge is 0.365 e. The number of rotatable bonds is 9. The average Bonchev–Trinajstić information content (AvgIpc) is 3.30. The number of fused-ring (bicyclic) bond motifs is 1. The number of nitrogens with zero attached hydrogens (tertiary/aromatic N) is 3. The molecule has 10 nitrogen and oxygen atoms in total. The van der Waals surface area contributed by atoms with Crippen LogP contribution in [0.4, 0.5) is 23.1 Å². The summed E-state index contributed by atoms with van der Waals surface area (Å²) in [5, 5.41) is 10.2. The molecule has 4 aromatic rings. The van der Waals surface area contributed by atoms with Gasteiger partial charge >= 0.3 is 0 Å². The molecule has 11 heteroatoms. The van der Waals surface area contributed by atoms with Crippen molar-refractivity contribution in [2.24, 2.45) is 0 Å². The lowest BCUT2D eigenvalue weighted by molar-refractivity contribution is 0.0943. The molecule has 4 N–H and O–H groups in total. The molecule has 4 rings (SSSR count). The number of amides is 1. The van der Waals surface area contributed by atoms with Crippen LogP contribution in [0.1, 0.15) is 29.8 Å². The Morgan fingerprint density at radius 1 is 1.08 bits per heavy atom.